The lowest BCUT2D eigenvalue weighted by Crippen LogP contribution is -2.32. The third kappa shape index (κ3) is 2.33. The highest BCUT2D eigenvalue weighted by atomic mass is 16.2. The number of fused-ring (bicyclic) bond motifs is 1. The smallest absolute Gasteiger partial charge is 0.276 e. The molecule has 3 aromatic rings. The number of hydrogen-bond donors (Lipinski definition) is 1. The molecule has 1 saturated heterocycles. The summed E-state index contributed by atoms with van der Waals surface area (Å²) in [6.45, 7) is 3.10. The van der Waals surface area contributed by atoms with Gasteiger partial charge in [-0.15, -0.1) is 5.10 Å². The van der Waals surface area contributed by atoms with Crippen LogP contribution in [0.25, 0.3) is 16.6 Å². The normalized spacial score (nSPS) is 17.6. The fourth-order valence-corrected chi connectivity index (χ4v) is 3.15. The molecular formula is C17H18N6O. The summed E-state index contributed by atoms with van der Waals surface area (Å²) in [6.07, 6.45) is 2.58. The summed E-state index contributed by atoms with van der Waals surface area (Å²) in [5.41, 5.74) is 8.74. The monoisotopic (exact) mass is 322 g/mol. The van der Waals surface area contributed by atoms with E-state index in [9.17, 15) is 4.79 Å². The van der Waals surface area contributed by atoms with E-state index in [1.165, 1.54) is 0 Å². The molecule has 122 valence electrons. The summed E-state index contributed by atoms with van der Waals surface area (Å²) < 4.78 is 1.70. The summed E-state index contributed by atoms with van der Waals surface area (Å²) >= 11 is 0. The molecule has 1 aliphatic heterocycles. The van der Waals surface area contributed by atoms with Gasteiger partial charge in [-0.05, 0) is 37.6 Å². The molecule has 1 unspecified atom stereocenters. The first kappa shape index (κ1) is 14.8. The van der Waals surface area contributed by atoms with Crippen molar-refractivity contribution in [1.29, 1.82) is 0 Å². The van der Waals surface area contributed by atoms with Crippen LogP contribution >= 0.6 is 0 Å². The number of carbonyl (C=O) groups excluding carboxylic acids is 1. The summed E-state index contributed by atoms with van der Waals surface area (Å²) in [4.78, 5) is 18.8. The van der Waals surface area contributed by atoms with E-state index in [0.29, 0.717) is 18.8 Å². The van der Waals surface area contributed by atoms with Crippen LogP contribution in [0.15, 0.2) is 36.5 Å². The third-order valence-corrected chi connectivity index (χ3v) is 4.46. The fourth-order valence-electron chi connectivity index (χ4n) is 3.15. The second kappa shape index (κ2) is 5.68. The van der Waals surface area contributed by atoms with E-state index < -0.39 is 0 Å². The van der Waals surface area contributed by atoms with Gasteiger partial charge in [0, 0.05) is 30.7 Å². The zero-order valence-corrected chi connectivity index (χ0v) is 13.4. The van der Waals surface area contributed by atoms with E-state index in [-0.39, 0.29) is 11.9 Å². The standard InChI is InChI=1S/C17H18N6O/c1-11-16(17(24)22-9-7-12(18)10-22)20-21-23(11)15-6-2-5-14-13(15)4-3-8-19-14/h2-6,8,12H,7,9-10,18H2,1H3. The Morgan fingerprint density at radius 2 is 2.17 bits per heavy atom. The minimum atomic E-state index is -0.106. The summed E-state index contributed by atoms with van der Waals surface area (Å²) in [5, 5.41) is 9.30. The molecule has 0 spiro atoms. The highest BCUT2D eigenvalue weighted by molar-refractivity contribution is 5.94. The minimum Gasteiger partial charge on any atom is -0.336 e. The van der Waals surface area contributed by atoms with Gasteiger partial charge in [0.2, 0.25) is 0 Å². The molecule has 0 aliphatic carbocycles. The van der Waals surface area contributed by atoms with Crippen molar-refractivity contribution in [3.63, 3.8) is 0 Å². The van der Waals surface area contributed by atoms with Crippen molar-refractivity contribution < 1.29 is 4.79 Å². The fraction of sp³-hybridized carbons (Fsp3) is 0.294. The molecule has 7 nitrogen and oxygen atoms in total. The molecule has 1 aromatic carbocycles. The van der Waals surface area contributed by atoms with Gasteiger partial charge in [0.25, 0.3) is 5.91 Å². The van der Waals surface area contributed by atoms with Gasteiger partial charge in [-0.2, -0.15) is 0 Å². The van der Waals surface area contributed by atoms with Gasteiger partial charge < -0.3 is 10.6 Å². The Labute approximate surface area is 139 Å². The number of amides is 1. The molecule has 7 heteroatoms. The van der Waals surface area contributed by atoms with Gasteiger partial charge >= 0.3 is 0 Å². The van der Waals surface area contributed by atoms with E-state index in [1.807, 2.05) is 37.3 Å². The van der Waals surface area contributed by atoms with E-state index in [4.69, 9.17) is 5.73 Å². The van der Waals surface area contributed by atoms with Crippen molar-refractivity contribution >= 4 is 16.8 Å². The van der Waals surface area contributed by atoms with Crippen LogP contribution in [0.4, 0.5) is 0 Å². The molecule has 0 radical (unpaired) electrons. The maximum Gasteiger partial charge on any atom is 0.276 e. The van der Waals surface area contributed by atoms with Crippen LogP contribution in [0.5, 0.6) is 0 Å². The summed E-state index contributed by atoms with van der Waals surface area (Å²) in [5.74, 6) is -0.106. The summed E-state index contributed by atoms with van der Waals surface area (Å²) in [6, 6.07) is 9.74. The minimum absolute atomic E-state index is 0.0495. The number of likely N-dealkylation sites (tertiary alicyclic amines) is 1. The number of nitrogens with zero attached hydrogens (tertiary/aromatic N) is 5. The number of hydrogen-bond acceptors (Lipinski definition) is 5. The highest BCUT2D eigenvalue weighted by Gasteiger charge is 2.28. The van der Waals surface area contributed by atoms with Crippen molar-refractivity contribution in [3.8, 4) is 5.69 Å². The third-order valence-electron chi connectivity index (χ3n) is 4.46. The average Bonchev–Trinajstić information content (AvgIpc) is 3.20. The Bertz CT molecular complexity index is 913. The van der Waals surface area contributed by atoms with Gasteiger partial charge in [0.15, 0.2) is 5.69 Å². The maximum absolute atomic E-state index is 12.7. The molecule has 1 atom stereocenters. The highest BCUT2D eigenvalue weighted by Crippen LogP contribution is 2.22. The predicted molar refractivity (Wildman–Crippen MR) is 89.9 cm³/mol. The average molecular weight is 322 g/mol. The zero-order valence-electron chi connectivity index (χ0n) is 13.4. The Kier molecular flexibility index (Phi) is 3.50. The molecule has 24 heavy (non-hydrogen) atoms. The number of pyridine rings is 1. The van der Waals surface area contributed by atoms with Crippen molar-refractivity contribution in [2.75, 3.05) is 13.1 Å². The molecule has 0 saturated carbocycles. The predicted octanol–water partition coefficient (Wildman–Crippen LogP) is 1.30. The molecule has 0 bridgehead atoms. The van der Waals surface area contributed by atoms with E-state index in [0.717, 1.165) is 28.7 Å². The Morgan fingerprint density at radius 1 is 1.29 bits per heavy atom. The first-order chi connectivity index (χ1) is 11.6. The van der Waals surface area contributed by atoms with Gasteiger partial charge in [0.1, 0.15) is 0 Å². The number of aromatic nitrogens is 4. The topological polar surface area (TPSA) is 89.9 Å². The van der Waals surface area contributed by atoms with E-state index >= 15 is 0 Å². The van der Waals surface area contributed by atoms with Crippen LogP contribution in [-0.4, -0.2) is 49.9 Å². The molecule has 1 amide bonds. The molecule has 1 aliphatic rings. The van der Waals surface area contributed by atoms with Gasteiger partial charge in [0.05, 0.1) is 16.9 Å². The van der Waals surface area contributed by atoms with Crippen molar-refractivity contribution in [1.82, 2.24) is 24.9 Å². The largest absolute Gasteiger partial charge is 0.336 e. The van der Waals surface area contributed by atoms with E-state index in [2.05, 4.69) is 15.3 Å². The first-order valence-electron chi connectivity index (χ1n) is 7.96. The Hall–Kier alpha value is -2.80. The van der Waals surface area contributed by atoms with Crippen LogP contribution in [0.1, 0.15) is 22.6 Å². The molecular weight excluding hydrogens is 304 g/mol. The molecule has 4 rings (SSSR count). The van der Waals surface area contributed by atoms with Crippen LogP contribution in [0, 0.1) is 6.92 Å². The van der Waals surface area contributed by atoms with Crippen molar-refractivity contribution in [3.05, 3.63) is 47.9 Å². The SMILES string of the molecule is Cc1c(C(=O)N2CCC(N)C2)nnn1-c1cccc2ncccc12. The maximum atomic E-state index is 12.7. The molecule has 2 N–H and O–H groups in total. The van der Waals surface area contributed by atoms with Crippen LogP contribution in [0.3, 0.4) is 0 Å². The van der Waals surface area contributed by atoms with Crippen molar-refractivity contribution in [2.45, 2.75) is 19.4 Å². The molecule has 2 aromatic heterocycles. The number of benzene rings is 1. The lowest BCUT2D eigenvalue weighted by Gasteiger charge is -2.14. The first-order valence-corrected chi connectivity index (χ1v) is 7.96. The van der Waals surface area contributed by atoms with Gasteiger partial charge in [-0.1, -0.05) is 11.3 Å². The Morgan fingerprint density at radius 3 is 2.96 bits per heavy atom. The zero-order chi connectivity index (χ0) is 16.7. The van der Waals surface area contributed by atoms with Gasteiger partial charge in [-0.25, -0.2) is 4.68 Å². The summed E-state index contributed by atoms with van der Waals surface area (Å²) in [7, 11) is 0. The second-order valence-corrected chi connectivity index (χ2v) is 6.08. The number of carbonyl (C=O) groups is 1. The number of rotatable bonds is 2. The van der Waals surface area contributed by atoms with Crippen LogP contribution < -0.4 is 5.73 Å². The van der Waals surface area contributed by atoms with Gasteiger partial charge in [-0.3, -0.25) is 9.78 Å². The molecule has 3 heterocycles. The quantitative estimate of drug-likeness (QED) is 0.768. The number of nitrogens with two attached hydrogens (primary N) is 1. The van der Waals surface area contributed by atoms with E-state index in [1.54, 1.807) is 15.8 Å². The molecule has 1 fully saturated rings. The van der Waals surface area contributed by atoms with Crippen LogP contribution in [-0.2, 0) is 0 Å². The second-order valence-electron chi connectivity index (χ2n) is 6.08. The lowest BCUT2D eigenvalue weighted by molar-refractivity contribution is 0.0784. The van der Waals surface area contributed by atoms with Crippen molar-refractivity contribution in [2.24, 2.45) is 5.73 Å². The van der Waals surface area contributed by atoms with Crippen LogP contribution in [0.2, 0.25) is 0 Å². The Balaban J connectivity index is 1.75. The lowest BCUT2D eigenvalue weighted by atomic mass is 10.2.